The molecule has 0 aromatic heterocycles. The Morgan fingerprint density at radius 3 is 2.00 bits per heavy atom. The van der Waals surface area contributed by atoms with Crippen LogP contribution in [-0.4, -0.2) is 20.6 Å². The number of para-hydroxylation sites is 1. The second kappa shape index (κ2) is 8.81. The van der Waals surface area contributed by atoms with Crippen molar-refractivity contribution >= 4 is 27.3 Å². The minimum Gasteiger partial charge on any atom is -0.322 e. The number of carbonyl (C=O) groups excluding carboxylic acids is 1. The third kappa shape index (κ3) is 5.85. The molecule has 0 aliphatic rings. The smallest absolute Gasteiger partial charge is 0.322 e. The molecule has 162 valence electrons. The number of nitrogens with one attached hydrogen (secondary N) is 1. The third-order valence-electron chi connectivity index (χ3n) is 4.46. The van der Waals surface area contributed by atoms with Crippen molar-refractivity contribution in [2.45, 2.75) is 12.7 Å². The molecule has 0 atom stereocenters. The zero-order valence-corrected chi connectivity index (χ0v) is 17.2. The Hall–Kier alpha value is -3.33. The molecule has 0 fully saturated rings. The molecule has 0 spiro atoms. The Labute approximate surface area is 178 Å². The van der Waals surface area contributed by atoms with Gasteiger partial charge in [0.05, 0.1) is 24.1 Å². The van der Waals surface area contributed by atoms with Crippen LogP contribution in [0, 0.1) is 0 Å². The number of amides is 1. The molecule has 3 aromatic rings. The topological polar surface area (TPSA) is 66.5 Å². The van der Waals surface area contributed by atoms with Gasteiger partial charge in [-0.1, -0.05) is 30.3 Å². The monoisotopic (exact) mass is 448 g/mol. The number of benzene rings is 3. The van der Waals surface area contributed by atoms with Crippen molar-refractivity contribution in [3.05, 3.63) is 95.6 Å². The van der Waals surface area contributed by atoms with Crippen molar-refractivity contribution in [2.75, 3.05) is 15.9 Å². The maximum Gasteiger partial charge on any atom is 0.416 e. The van der Waals surface area contributed by atoms with Gasteiger partial charge in [-0.25, -0.2) is 8.42 Å². The highest BCUT2D eigenvalue weighted by molar-refractivity contribution is 7.92. The third-order valence-corrected chi connectivity index (χ3v) is 5.60. The lowest BCUT2D eigenvalue weighted by molar-refractivity contribution is -0.137. The first-order valence-corrected chi connectivity index (χ1v) is 11.0. The standard InChI is InChI=1S/C22H19F3N2O3S/c1-31(29,30)27(20-5-3-2-4-6-20)15-16-7-9-17(10-8-16)21(28)26-19-13-11-18(12-14-19)22(23,24)25/h2-14H,15H2,1H3,(H,26,28). The highest BCUT2D eigenvalue weighted by Gasteiger charge is 2.30. The van der Waals surface area contributed by atoms with Crippen LogP contribution < -0.4 is 9.62 Å². The van der Waals surface area contributed by atoms with Gasteiger partial charge in [0.15, 0.2) is 0 Å². The van der Waals surface area contributed by atoms with Crippen molar-refractivity contribution in [3.8, 4) is 0 Å². The number of hydrogen-bond acceptors (Lipinski definition) is 3. The van der Waals surface area contributed by atoms with Crippen LogP contribution in [-0.2, 0) is 22.7 Å². The van der Waals surface area contributed by atoms with Crippen LogP contribution >= 0.6 is 0 Å². The molecule has 0 aliphatic carbocycles. The van der Waals surface area contributed by atoms with Gasteiger partial charge >= 0.3 is 6.18 Å². The molecule has 0 bridgehead atoms. The molecule has 0 saturated carbocycles. The summed E-state index contributed by atoms with van der Waals surface area (Å²) in [5.41, 5.74) is 0.904. The SMILES string of the molecule is CS(=O)(=O)N(Cc1ccc(C(=O)Nc2ccc(C(F)(F)F)cc2)cc1)c1ccccc1. The van der Waals surface area contributed by atoms with Gasteiger partial charge in [0, 0.05) is 11.3 Å². The normalized spacial score (nSPS) is 11.7. The van der Waals surface area contributed by atoms with Gasteiger partial charge in [-0.2, -0.15) is 13.2 Å². The second-order valence-electron chi connectivity index (χ2n) is 6.83. The van der Waals surface area contributed by atoms with E-state index in [1.165, 1.54) is 28.6 Å². The highest BCUT2D eigenvalue weighted by atomic mass is 32.2. The molecule has 31 heavy (non-hydrogen) atoms. The largest absolute Gasteiger partial charge is 0.416 e. The molecule has 0 radical (unpaired) electrons. The van der Waals surface area contributed by atoms with Gasteiger partial charge < -0.3 is 5.32 Å². The first-order chi connectivity index (χ1) is 14.5. The van der Waals surface area contributed by atoms with Gasteiger partial charge in [0.25, 0.3) is 5.91 Å². The number of hydrogen-bond donors (Lipinski definition) is 1. The number of sulfonamides is 1. The highest BCUT2D eigenvalue weighted by Crippen LogP contribution is 2.30. The zero-order chi connectivity index (χ0) is 22.6. The summed E-state index contributed by atoms with van der Waals surface area (Å²) in [6, 6.07) is 19.1. The molecule has 3 rings (SSSR count). The maximum atomic E-state index is 12.6. The van der Waals surface area contributed by atoms with E-state index in [0.717, 1.165) is 18.4 Å². The fraction of sp³-hybridized carbons (Fsp3) is 0.136. The molecule has 0 aliphatic heterocycles. The summed E-state index contributed by atoms with van der Waals surface area (Å²) in [5, 5.41) is 2.53. The molecule has 5 nitrogen and oxygen atoms in total. The fourth-order valence-corrected chi connectivity index (χ4v) is 3.76. The Morgan fingerprint density at radius 1 is 0.903 bits per heavy atom. The van der Waals surface area contributed by atoms with Gasteiger partial charge in [0.1, 0.15) is 0 Å². The van der Waals surface area contributed by atoms with Crippen LogP contribution in [0.25, 0.3) is 0 Å². The Balaban J connectivity index is 1.71. The first-order valence-electron chi connectivity index (χ1n) is 9.14. The van der Waals surface area contributed by atoms with Crippen LogP contribution in [0.15, 0.2) is 78.9 Å². The van der Waals surface area contributed by atoms with Gasteiger partial charge in [-0.3, -0.25) is 9.10 Å². The van der Waals surface area contributed by atoms with Crippen LogP contribution in [0.4, 0.5) is 24.5 Å². The molecule has 0 saturated heterocycles. The average molecular weight is 448 g/mol. The summed E-state index contributed by atoms with van der Waals surface area (Å²) < 4.78 is 63.5. The minimum atomic E-state index is -4.45. The van der Waals surface area contributed by atoms with Gasteiger partial charge in [-0.15, -0.1) is 0 Å². The molecular formula is C22H19F3N2O3S. The lowest BCUT2D eigenvalue weighted by Gasteiger charge is -2.22. The molecule has 0 heterocycles. The number of anilines is 2. The number of halogens is 3. The lowest BCUT2D eigenvalue weighted by atomic mass is 10.1. The summed E-state index contributed by atoms with van der Waals surface area (Å²) in [6.45, 7) is 0.0870. The molecule has 1 N–H and O–H groups in total. The zero-order valence-electron chi connectivity index (χ0n) is 16.4. The van der Waals surface area contributed by atoms with Crippen molar-refractivity contribution in [2.24, 2.45) is 0 Å². The van der Waals surface area contributed by atoms with E-state index >= 15 is 0 Å². The summed E-state index contributed by atoms with van der Waals surface area (Å²) >= 11 is 0. The van der Waals surface area contributed by atoms with E-state index in [9.17, 15) is 26.4 Å². The molecule has 9 heteroatoms. The quantitative estimate of drug-likeness (QED) is 0.582. The minimum absolute atomic E-state index is 0.0870. The Bertz CT molecular complexity index is 1150. The van der Waals surface area contributed by atoms with E-state index < -0.39 is 27.7 Å². The number of nitrogens with zero attached hydrogens (tertiary/aromatic N) is 1. The van der Waals surface area contributed by atoms with E-state index in [2.05, 4.69) is 5.32 Å². The number of alkyl halides is 3. The van der Waals surface area contributed by atoms with E-state index in [1.807, 2.05) is 0 Å². The van der Waals surface area contributed by atoms with Crippen LogP contribution in [0.5, 0.6) is 0 Å². The Kier molecular flexibility index (Phi) is 6.35. The van der Waals surface area contributed by atoms with E-state index in [-0.39, 0.29) is 17.8 Å². The van der Waals surface area contributed by atoms with Gasteiger partial charge in [-0.05, 0) is 54.1 Å². The van der Waals surface area contributed by atoms with Crippen LogP contribution in [0.2, 0.25) is 0 Å². The van der Waals surface area contributed by atoms with Crippen molar-refractivity contribution < 1.29 is 26.4 Å². The van der Waals surface area contributed by atoms with Crippen molar-refractivity contribution in [1.29, 1.82) is 0 Å². The number of rotatable bonds is 6. The molecule has 0 unspecified atom stereocenters. The van der Waals surface area contributed by atoms with E-state index in [4.69, 9.17) is 0 Å². The maximum absolute atomic E-state index is 12.6. The summed E-state index contributed by atoms with van der Waals surface area (Å²) in [4.78, 5) is 12.4. The summed E-state index contributed by atoms with van der Waals surface area (Å²) in [6.07, 6.45) is -3.33. The van der Waals surface area contributed by atoms with Crippen LogP contribution in [0.1, 0.15) is 21.5 Å². The summed E-state index contributed by atoms with van der Waals surface area (Å²) in [5.74, 6) is -0.491. The average Bonchev–Trinajstić information content (AvgIpc) is 2.72. The summed E-state index contributed by atoms with van der Waals surface area (Å²) in [7, 11) is -3.52. The van der Waals surface area contributed by atoms with Crippen LogP contribution in [0.3, 0.4) is 0 Å². The predicted octanol–water partition coefficient (Wildman–Crippen LogP) is 4.92. The lowest BCUT2D eigenvalue weighted by Crippen LogP contribution is -2.29. The van der Waals surface area contributed by atoms with Gasteiger partial charge in [0.2, 0.25) is 10.0 Å². The number of carbonyl (C=O) groups is 1. The molecule has 1 amide bonds. The van der Waals surface area contributed by atoms with E-state index in [0.29, 0.717) is 11.3 Å². The van der Waals surface area contributed by atoms with Crippen molar-refractivity contribution in [3.63, 3.8) is 0 Å². The van der Waals surface area contributed by atoms with E-state index in [1.54, 1.807) is 42.5 Å². The molecular weight excluding hydrogens is 429 g/mol. The first kappa shape index (κ1) is 22.4. The molecule has 3 aromatic carbocycles. The predicted molar refractivity (Wildman–Crippen MR) is 113 cm³/mol. The van der Waals surface area contributed by atoms with Crippen molar-refractivity contribution in [1.82, 2.24) is 0 Å². The Morgan fingerprint density at radius 2 is 1.48 bits per heavy atom. The fourth-order valence-electron chi connectivity index (χ4n) is 2.87. The second-order valence-corrected chi connectivity index (χ2v) is 8.74.